The maximum Gasteiger partial charge on any atom is 0.107 e. The van der Waals surface area contributed by atoms with Crippen LogP contribution in [0.2, 0.25) is 0 Å². The Morgan fingerprint density at radius 2 is 1.74 bits per heavy atom. The van der Waals surface area contributed by atoms with Crippen molar-refractivity contribution in [3.63, 3.8) is 0 Å². The van der Waals surface area contributed by atoms with Crippen LogP contribution in [0.5, 0.6) is 0 Å². The Kier molecular flexibility index (Phi) is 3.50. The molecule has 3 heteroatoms. The van der Waals surface area contributed by atoms with Gasteiger partial charge in [-0.2, -0.15) is 5.10 Å². The summed E-state index contributed by atoms with van der Waals surface area (Å²) < 4.78 is 1.73. The third-order valence-electron chi connectivity index (χ3n) is 3.44. The van der Waals surface area contributed by atoms with Gasteiger partial charge in [-0.25, -0.2) is 0 Å². The number of aryl methyl sites for hydroxylation is 2. The van der Waals surface area contributed by atoms with Crippen molar-refractivity contribution in [3.8, 4) is 0 Å². The Labute approximate surface area is 114 Å². The Morgan fingerprint density at radius 1 is 1.16 bits per heavy atom. The predicted molar refractivity (Wildman–Crippen MR) is 77.1 cm³/mol. The second kappa shape index (κ2) is 4.82. The molecule has 0 fully saturated rings. The third-order valence-corrected chi connectivity index (χ3v) is 3.44. The van der Waals surface area contributed by atoms with Gasteiger partial charge in [0.1, 0.15) is 6.10 Å². The topological polar surface area (TPSA) is 38.0 Å². The van der Waals surface area contributed by atoms with Gasteiger partial charge in [0.05, 0.1) is 5.69 Å². The Hall–Kier alpha value is -1.61. The molecular weight excluding hydrogens is 236 g/mol. The number of aliphatic hydroxyl groups is 1. The molecule has 0 spiro atoms. The molecule has 0 amide bonds. The molecule has 0 bridgehead atoms. The summed E-state index contributed by atoms with van der Waals surface area (Å²) in [5.41, 5.74) is 4.05. The molecule has 1 unspecified atom stereocenters. The smallest absolute Gasteiger partial charge is 0.107 e. The van der Waals surface area contributed by atoms with Crippen molar-refractivity contribution in [2.75, 3.05) is 0 Å². The number of benzene rings is 1. The average molecular weight is 258 g/mol. The van der Waals surface area contributed by atoms with E-state index >= 15 is 0 Å². The largest absolute Gasteiger partial charge is 0.384 e. The second-order valence-electron chi connectivity index (χ2n) is 6.12. The molecule has 0 aliphatic carbocycles. The lowest BCUT2D eigenvalue weighted by atomic mass is 9.86. The van der Waals surface area contributed by atoms with Crippen LogP contribution in [0.3, 0.4) is 0 Å². The first kappa shape index (κ1) is 13.8. The van der Waals surface area contributed by atoms with Crippen LogP contribution in [0.15, 0.2) is 30.5 Å². The molecule has 1 aromatic heterocycles. The highest BCUT2D eigenvalue weighted by molar-refractivity contribution is 5.34. The summed E-state index contributed by atoms with van der Waals surface area (Å²) in [5.74, 6) is 0. The van der Waals surface area contributed by atoms with Crippen LogP contribution in [-0.4, -0.2) is 14.9 Å². The van der Waals surface area contributed by atoms with Crippen molar-refractivity contribution >= 4 is 0 Å². The van der Waals surface area contributed by atoms with Crippen molar-refractivity contribution in [1.82, 2.24) is 9.78 Å². The van der Waals surface area contributed by atoms with E-state index < -0.39 is 6.10 Å². The van der Waals surface area contributed by atoms with E-state index in [1.165, 1.54) is 5.56 Å². The van der Waals surface area contributed by atoms with Crippen molar-refractivity contribution < 1.29 is 5.11 Å². The van der Waals surface area contributed by atoms with Crippen LogP contribution < -0.4 is 0 Å². The molecule has 19 heavy (non-hydrogen) atoms. The quantitative estimate of drug-likeness (QED) is 0.898. The summed E-state index contributed by atoms with van der Waals surface area (Å²) >= 11 is 0. The van der Waals surface area contributed by atoms with Crippen molar-refractivity contribution in [2.45, 2.75) is 39.2 Å². The molecule has 0 saturated carbocycles. The molecule has 3 nitrogen and oxygen atoms in total. The molecule has 0 aliphatic rings. The Balaban J connectivity index is 2.30. The van der Waals surface area contributed by atoms with Crippen molar-refractivity contribution in [3.05, 3.63) is 52.8 Å². The van der Waals surface area contributed by atoms with Crippen LogP contribution in [0.4, 0.5) is 0 Å². The van der Waals surface area contributed by atoms with Gasteiger partial charge >= 0.3 is 0 Å². The molecule has 1 N–H and O–H groups in total. The van der Waals surface area contributed by atoms with E-state index in [1.54, 1.807) is 4.68 Å². The molecular formula is C16H22N2O. The van der Waals surface area contributed by atoms with Gasteiger partial charge in [0.25, 0.3) is 0 Å². The minimum Gasteiger partial charge on any atom is -0.384 e. The minimum absolute atomic E-state index is 0.133. The molecule has 1 heterocycles. The summed E-state index contributed by atoms with van der Waals surface area (Å²) in [6, 6.07) is 8.17. The number of hydrogen-bond donors (Lipinski definition) is 1. The van der Waals surface area contributed by atoms with Gasteiger partial charge in [0.15, 0.2) is 0 Å². The molecule has 2 aromatic rings. The summed E-state index contributed by atoms with van der Waals surface area (Å²) in [6.45, 7) is 8.47. The van der Waals surface area contributed by atoms with Crippen LogP contribution >= 0.6 is 0 Å². The van der Waals surface area contributed by atoms with E-state index in [9.17, 15) is 5.11 Å². The normalized spacial score (nSPS) is 13.6. The molecule has 102 valence electrons. The molecule has 2 rings (SSSR count). The lowest BCUT2D eigenvalue weighted by molar-refractivity contribution is 0.219. The van der Waals surface area contributed by atoms with Gasteiger partial charge in [-0.1, -0.05) is 45.0 Å². The molecule has 0 aliphatic heterocycles. The Morgan fingerprint density at radius 3 is 2.16 bits per heavy atom. The average Bonchev–Trinajstić information content (AvgIpc) is 2.66. The molecule has 1 atom stereocenters. The first-order valence-corrected chi connectivity index (χ1v) is 6.57. The monoisotopic (exact) mass is 258 g/mol. The summed E-state index contributed by atoms with van der Waals surface area (Å²) in [5, 5.41) is 14.7. The van der Waals surface area contributed by atoms with Gasteiger partial charge in [0, 0.05) is 18.8 Å². The fourth-order valence-electron chi connectivity index (χ4n) is 2.23. The van der Waals surface area contributed by atoms with E-state index in [4.69, 9.17) is 0 Å². The maximum absolute atomic E-state index is 10.4. The highest BCUT2D eigenvalue weighted by atomic mass is 16.3. The number of aliphatic hydroxyl groups excluding tert-OH is 1. The van der Waals surface area contributed by atoms with Gasteiger partial charge in [-0.15, -0.1) is 0 Å². The first-order chi connectivity index (χ1) is 8.79. The predicted octanol–water partition coefficient (Wildman–Crippen LogP) is 3.11. The lowest BCUT2D eigenvalue weighted by Crippen LogP contribution is -2.11. The number of hydrogen-bond acceptors (Lipinski definition) is 2. The van der Waals surface area contributed by atoms with Crippen LogP contribution in [0.1, 0.15) is 49.3 Å². The zero-order valence-electron chi connectivity index (χ0n) is 12.3. The molecule has 0 saturated heterocycles. The third kappa shape index (κ3) is 2.87. The van der Waals surface area contributed by atoms with Gasteiger partial charge in [0.2, 0.25) is 0 Å². The minimum atomic E-state index is -0.609. The van der Waals surface area contributed by atoms with Crippen LogP contribution in [0, 0.1) is 6.92 Å². The highest BCUT2D eigenvalue weighted by Gasteiger charge is 2.17. The summed E-state index contributed by atoms with van der Waals surface area (Å²) in [7, 11) is 1.87. The standard InChI is InChI=1S/C16H22N2O/c1-11-14(10-18(5)17-11)15(19)12-6-8-13(9-7-12)16(2,3)4/h6-10,15,19H,1-5H3. The van der Waals surface area contributed by atoms with Gasteiger partial charge in [-0.3, -0.25) is 4.68 Å². The molecule has 1 aromatic carbocycles. The maximum atomic E-state index is 10.4. The zero-order valence-corrected chi connectivity index (χ0v) is 12.3. The van der Waals surface area contributed by atoms with Crippen molar-refractivity contribution in [2.24, 2.45) is 7.05 Å². The van der Waals surface area contributed by atoms with Gasteiger partial charge in [-0.05, 0) is 23.5 Å². The Bertz CT molecular complexity index is 561. The van der Waals surface area contributed by atoms with E-state index in [-0.39, 0.29) is 5.41 Å². The first-order valence-electron chi connectivity index (χ1n) is 6.57. The fraction of sp³-hybridized carbons (Fsp3) is 0.438. The summed E-state index contributed by atoms with van der Waals surface area (Å²) in [6.07, 6.45) is 1.26. The van der Waals surface area contributed by atoms with E-state index in [0.717, 1.165) is 16.8 Å². The number of rotatable bonds is 2. The highest BCUT2D eigenvalue weighted by Crippen LogP contribution is 2.27. The van der Waals surface area contributed by atoms with Crippen molar-refractivity contribution in [1.29, 1.82) is 0 Å². The van der Waals surface area contributed by atoms with E-state index in [0.29, 0.717) is 0 Å². The van der Waals surface area contributed by atoms with E-state index in [1.807, 2.05) is 32.3 Å². The molecule has 0 radical (unpaired) electrons. The number of nitrogens with zero attached hydrogens (tertiary/aromatic N) is 2. The summed E-state index contributed by atoms with van der Waals surface area (Å²) in [4.78, 5) is 0. The lowest BCUT2D eigenvalue weighted by Gasteiger charge is -2.20. The SMILES string of the molecule is Cc1nn(C)cc1C(O)c1ccc(C(C)(C)C)cc1. The second-order valence-corrected chi connectivity index (χ2v) is 6.12. The fourth-order valence-corrected chi connectivity index (χ4v) is 2.23. The van der Waals surface area contributed by atoms with Crippen LogP contribution in [0.25, 0.3) is 0 Å². The van der Waals surface area contributed by atoms with E-state index in [2.05, 4.69) is 38.0 Å². The zero-order chi connectivity index (χ0) is 14.2. The van der Waals surface area contributed by atoms with Crippen LogP contribution in [-0.2, 0) is 12.5 Å². The van der Waals surface area contributed by atoms with Gasteiger partial charge < -0.3 is 5.11 Å². The number of aromatic nitrogens is 2.